The van der Waals surface area contributed by atoms with Crippen LogP contribution in [0.15, 0.2) is 64.7 Å². The van der Waals surface area contributed by atoms with Gasteiger partial charge in [0.25, 0.3) is 11.5 Å². The van der Waals surface area contributed by atoms with Gasteiger partial charge in [-0.05, 0) is 35.2 Å². The van der Waals surface area contributed by atoms with E-state index in [9.17, 15) is 19.5 Å². The van der Waals surface area contributed by atoms with Gasteiger partial charge in [-0.25, -0.2) is 9.37 Å². The summed E-state index contributed by atoms with van der Waals surface area (Å²) in [7, 11) is 0. The van der Waals surface area contributed by atoms with E-state index >= 15 is 4.39 Å². The van der Waals surface area contributed by atoms with Crippen molar-refractivity contribution in [2.24, 2.45) is 0 Å². The Bertz CT molecular complexity index is 1830. The number of benzene rings is 1. The Morgan fingerprint density at radius 2 is 1.95 bits per heavy atom. The smallest absolute Gasteiger partial charge is 0.283 e. The predicted octanol–water partition coefficient (Wildman–Crippen LogP) is 3.04. The third-order valence-electron chi connectivity index (χ3n) is 6.30. The molecule has 0 aliphatic heterocycles. The summed E-state index contributed by atoms with van der Waals surface area (Å²) in [6, 6.07) is 7.36. The number of aliphatic hydroxyl groups excluding tert-OH is 1. The number of halogens is 1. The summed E-state index contributed by atoms with van der Waals surface area (Å²) in [6.07, 6.45) is 5.46. The molecule has 5 rings (SSSR count). The molecule has 39 heavy (non-hydrogen) atoms. The second-order valence-corrected chi connectivity index (χ2v) is 9.91. The zero-order valence-corrected chi connectivity index (χ0v) is 21.2. The number of nitrogens with one attached hydrogen (secondary N) is 3. The van der Waals surface area contributed by atoms with Crippen LogP contribution in [0, 0.1) is 5.82 Å². The number of rotatable bonds is 5. The standard InChI is InChI=1S/C27H24FN7O4/c1-27(2,3)16-8-15-11-32-35(26(39)22(15)19(28)9-16)24-18(13-36)20(6-7-29-24)33-25(38)17-12-31-34-23(17)14-4-5-21(37)30-10-14/h4-12,36H,13H2,1-3H3,(H,30,37)(H,31,34)(H,29,33,38). The van der Waals surface area contributed by atoms with Crippen molar-refractivity contribution in [1.29, 1.82) is 0 Å². The number of pyridine rings is 2. The molecule has 0 spiro atoms. The maximum absolute atomic E-state index is 15.1. The molecule has 0 saturated carbocycles. The summed E-state index contributed by atoms with van der Waals surface area (Å²) in [5.41, 5.74) is 0.639. The lowest BCUT2D eigenvalue weighted by Crippen LogP contribution is -2.25. The molecule has 12 heteroatoms. The van der Waals surface area contributed by atoms with E-state index in [0.29, 0.717) is 22.2 Å². The largest absolute Gasteiger partial charge is 0.391 e. The average Bonchev–Trinajstić information content (AvgIpc) is 3.39. The normalized spacial score (nSPS) is 11.6. The highest BCUT2D eigenvalue weighted by Gasteiger charge is 2.22. The van der Waals surface area contributed by atoms with Gasteiger partial charge >= 0.3 is 0 Å². The number of aliphatic hydroxyl groups is 1. The van der Waals surface area contributed by atoms with Crippen molar-refractivity contribution in [3.05, 3.63) is 98.3 Å². The molecule has 0 aliphatic carbocycles. The Kier molecular flexibility index (Phi) is 6.40. The number of carbonyl (C=O) groups is 1. The Morgan fingerprint density at radius 1 is 1.15 bits per heavy atom. The fourth-order valence-corrected chi connectivity index (χ4v) is 4.19. The van der Waals surface area contributed by atoms with Gasteiger partial charge in [0.15, 0.2) is 5.82 Å². The minimum atomic E-state index is -0.758. The molecule has 4 heterocycles. The molecule has 0 atom stereocenters. The number of aromatic nitrogens is 6. The molecule has 0 aliphatic rings. The van der Waals surface area contributed by atoms with Gasteiger partial charge in [-0.3, -0.25) is 19.5 Å². The van der Waals surface area contributed by atoms with Gasteiger partial charge in [-0.15, -0.1) is 0 Å². The molecule has 0 bridgehead atoms. The number of H-pyrrole nitrogens is 2. The van der Waals surface area contributed by atoms with Crippen LogP contribution in [0.5, 0.6) is 0 Å². The first-order valence-corrected chi connectivity index (χ1v) is 11.9. The topological polar surface area (TPSA) is 159 Å². The first-order valence-electron chi connectivity index (χ1n) is 11.9. The van der Waals surface area contributed by atoms with E-state index in [1.165, 1.54) is 49.1 Å². The van der Waals surface area contributed by atoms with Crippen molar-refractivity contribution in [3.8, 4) is 17.1 Å². The zero-order valence-electron chi connectivity index (χ0n) is 21.2. The fraction of sp³-hybridized carbons (Fsp3) is 0.185. The number of aromatic amines is 2. The number of hydrogen-bond donors (Lipinski definition) is 4. The molecule has 198 valence electrons. The molecule has 1 amide bonds. The average molecular weight is 530 g/mol. The van der Waals surface area contributed by atoms with E-state index in [0.717, 1.165) is 4.68 Å². The molecule has 5 aromatic rings. The summed E-state index contributed by atoms with van der Waals surface area (Å²) in [5.74, 6) is -1.32. The van der Waals surface area contributed by atoms with Gasteiger partial charge in [0, 0.05) is 35.0 Å². The first-order chi connectivity index (χ1) is 18.6. The zero-order chi connectivity index (χ0) is 27.9. The number of hydrogen-bond acceptors (Lipinski definition) is 7. The Morgan fingerprint density at radius 3 is 2.64 bits per heavy atom. The van der Waals surface area contributed by atoms with Crippen molar-refractivity contribution in [1.82, 2.24) is 29.9 Å². The van der Waals surface area contributed by atoms with Crippen LogP contribution in [0.2, 0.25) is 0 Å². The second kappa shape index (κ2) is 9.72. The van der Waals surface area contributed by atoms with Gasteiger partial charge in [0.2, 0.25) is 5.56 Å². The van der Waals surface area contributed by atoms with Gasteiger partial charge in [0.1, 0.15) is 5.82 Å². The number of anilines is 1. The Balaban J connectivity index is 1.55. The summed E-state index contributed by atoms with van der Waals surface area (Å²) in [5, 5.41) is 23.9. The number of fused-ring (bicyclic) bond motifs is 1. The van der Waals surface area contributed by atoms with E-state index in [2.05, 4.69) is 30.6 Å². The van der Waals surface area contributed by atoms with Gasteiger partial charge in [0.05, 0.1) is 41.3 Å². The van der Waals surface area contributed by atoms with Crippen LogP contribution < -0.4 is 16.4 Å². The van der Waals surface area contributed by atoms with Crippen molar-refractivity contribution in [3.63, 3.8) is 0 Å². The Hall–Kier alpha value is -4.97. The molecule has 0 fully saturated rings. The van der Waals surface area contributed by atoms with Crippen LogP contribution >= 0.6 is 0 Å². The third-order valence-corrected chi connectivity index (χ3v) is 6.30. The molecular weight excluding hydrogens is 505 g/mol. The van der Waals surface area contributed by atoms with Crippen molar-refractivity contribution >= 4 is 22.4 Å². The highest BCUT2D eigenvalue weighted by atomic mass is 19.1. The second-order valence-electron chi connectivity index (χ2n) is 9.91. The van der Waals surface area contributed by atoms with Crippen LogP contribution in [0.1, 0.15) is 42.3 Å². The molecule has 0 unspecified atom stereocenters. The Labute approximate surface area is 220 Å². The summed E-state index contributed by atoms with van der Waals surface area (Å²) < 4.78 is 16.0. The van der Waals surface area contributed by atoms with Crippen LogP contribution in [0.3, 0.4) is 0 Å². The van der Waals surface area contributed by atoms with Gasteiger partial charge in [-0.1, -0.05) is 20.8 Å². The molecule has 4 aromatic heterocycles. The van der Waals surface area contributed by atoms with Crippen molar-refractivity contribution < 1.29 is 14.3 Å². The van der Waals surface area contributed by atoms with Crippen LogP contribution in [0.4, 0.5) is 10.1 Å². The number of amides is 1. The summed E-state index contributed by atoms with van der Waals surface area (Å²) in [6.45, 7) is 5.21. The highest BCUT2D eigenvalue weighted by molar-refractivity contribution is 6.08. The summed E-state index contributed by atoms with van der Waals surface area (Å²) in [4.78, 5) is 44.6. The first kappa shape index (κ1) is 25.7. The van der Waals surface area contributed by atoms with E-state index in [-0.39, 0.29) is 39.0 Å². The van der Waals surface area contributed by atoms with E-state index in [1.807, 2.05) is 20.8 Å². The van der Waals surface area contributed by atoms with Crippen LogP contribution in [-0.2, 0) is 12.0 Å². The predicted molar refractivity (Wildman–Crippen MR) is 142 cm³/mol. The molecule has 11 nitrogen and oxygen atoms in total. The van der Waals surface area contributed by atoms with Crippen LogP contribution in [-0.4, -0.2) is 41.0 Å². The highest BCUT2D eigenvalue weighted by Crippen LogP contribution is 2.28. The minimum Gasteiger partial charge on any atom is -0.391 e. The van der Waals surface area contributed by atoms with Gasteiger partial charge < -0.3 is 15.4 Å². The molecule has 4 N–H and O–H groups in total. The lowest BCUT2D eigenvalue weighted by Gasteiger charge is -2.20. The maximum atomic E-state index is 15.1. The summed E-state index contributed by atoms with van der Waals surface area (Å²) >= 11 is 0. The monoisotopic (exact) mass is 529 g/mol. The quantitative estimate of drug-likeness (QED) is 0.272. The number of nitrogens with zero attached hydrogens (tertiary/aromatic N) is 4. The van der Waals surface area contributed by atoms with Gasteiger partial charge in [-0.2, -0.15) is 14.9 Å². The van der Waals surface area contributed by atoms with E-state index < -0.39 is 23.9 Å². The van der Waals surface area contributed by atoms with E-state index in [1.54, 1.807) is 6.07 Å². The van der Waals surface area contributed by atoms with Crippen LogP contribution in [0.25, 0.3) is 27.8 Å². The molecule has 0 radical (unpaired) electrons. The SMILES string of the molecule is CC(C)(C)c1cc(F)c2c(=O)n(-c3nccc(NC(=O)c4cn[nH]c4-c4ccc(=O)[nH]c4)c3CO)ncc2c1. The van der Waals surface area contributed by atoms with E-state index in [4.69, 9.17) is 0 Å². The molecule has 1 aromatic carbocycles. The lowest BCUT2D eigenvalue weighted by atomic mass is 9.86. The van der Waals surface area contributed by atoms with Crippen molar-refractivity contribution in [2.45, 2.75) is 32.8 Å². The molecular formula is C27H24FN7O4. The minimum absolute atomic E-state index is 0.0606. The third kappa shape index (κ3) is 4.73. The number of carbonyl (C=O) groups excluding carboxylic acids is 1. The lowest BCUT2D eigenvalue weighted by molar-refractivity contribution is 0.102. The molecule has 0 saturated heterocycles. The van der Waals surface area contributed by atoms with Crippen molar-refractivity contribution in [2.75, 3.05) is 5.32 Å². The fourth-order valence-electron chi connectivity index (χ4n) is 4.19. The maximum Gasteiger partial charge on any atom is 0.283 e.